The van der Waals surface area contributed by atoms with Crippen LogP contribution in [0.4, 0.5) is 5.69 Å². The summed E-state index contributed by atoms with van der Waals surface area (Å²) in [5, 5.41) is 14.4. The van der Waals surface area contributed by atoms with E-state index in [4.69, 9.17) is 17.0 Å². The quantitative estimate of drug-likeness (QED) is 0.296. The maximum Gasteiger partial charge on any atom is 0.338 e. The van der Waals surface area contributed by atoms with E-state index in [1.54, 1.807) is 25.3 Å². The van der Waals surface area contributed by atoms with Crippen LogP contribution >= 0.6 is 12.2 Å². The minimum Gasteiger partial charge on any atom is -0.511 e. The molecule has 1 aliphatic heterocycles. The van der Waals surface area contributed by atoms with Gasteiger partial charge in [0.25, 0.3) is 0 Å². The van der Waals surface area contributed by atoms with Gasteiger partial charge in [-0.25, -0.2) is 4.79 Å². The van der Waals surface area contributed by atoms with Crippen LogP contribution in [-0.4, -0.2) is 83.9 Å². The summed E-state index contributed by atoms with van der Waals surface area (Å²) in [5.74, 6) is -0.250. The average Bonchev–Trinajstić information content (AvgIpc) is 2.93. The van der Waals surface area contributed by atoms with Gasteiger partial charge in [0.05, 0.1) is 24.3 Å². The van der Waals surface area contributed by atoms with Crippen molar-refractivity contribution < 1.29 is 19.4 Å². The molecular formula is C29H34N4O4S. The SMILES string of the molecule is CCOC(=O)c1ccc(NC(=S)N2CCN(CCN=CC3=C(O)CC(c4ccccc4)CC3=O)CC2)cc1. The first-order valence-corrected chi connectivity index (χ1v) is 13.4. The maximum atomic E-state index is 12.6. The minimum absolute atomic E-state index is 0.0154. The lowest BCUT2D eigenvalue weighted by Gasteiger charge is -2.36. The molecular weight excluding hydrogens is 500 g/mol. The van der Waals surface area contributed by atoms with Crippen molar-refractivity contribution in [2.45, 2.75) is 25.7 Å². The van der Waals surface area contributed by atoms with E-state index in [1.807, 2.05) is 42.5 Å². The molecule has 0 aromatic heterocycles. The fourth-order valence-electron chi connectivity index (χ4n) is 4.65. The number of nitrogens with zero attached hydrogens (tertiary/aromatic N) is 3. The zero-order chi connectivity index (χ0) is 26.9. The van der Waals surface area contributed by atoms with Gasteiger partial charge in [0, 0.05) is 57.5 Å². The number of piperazine rings is 1. The zero-order valence-electron chi connectivity index (χ0n) is 21.6. The molecule has 9 heteroatoms. The number of benzene rings is 2. The van der Waals surface area contributed by atoms with E-state index in [1.165, 1.54) is 0 Å². The van der Waals surface area contributed by atoms with Gasteiger partial charge in [0.15, 0.2) is 10.9 Å². The number of Topliss-reactive ketones (excluding diaryl/α,β-unsaturated/α-hetero) is 1. The van der Waals surface area contributed by atoms with Crippen LogP contribution < -0.4 is 5.32 Å². The van der Waals surface area contributed by atoms with E-state index >= 15 is 0 Å². The number of hydrogen-bond acceptors (Lipinski definition) is 7. The highest BCUT2D eigenvalue weighted by molar-refractivity contribution is 7.80. The number of aliphatic hydroxyl groups is 1. The summed E-state index contributed by atoms with van der Waals surface area (Å²) in [4.78, 5) is 33.3. The van der Waals surface area contributed by atoms with Gasteiger partial charge >= 0.3 is 5.97 Å². The molecule has 8 nitrogen and oxygen atoms in total. The summed E-state index contributed by atoms with van der Waals surface area (Å²) in [6.07, 6.45) is 2.39. The van der Waals surface area contributed by atoms with Gasteiger partial charge in [-0.2, -0.15) is 0 Å². The Hall–Kier alpha value is -3.56. The first-order valence-electron chi connectivity index (χ1n) is 13.0. The van der Waals surface area contributed by atoms with Gasteiger partial charge < -0.3 is 20.1 Å². The van der Waals surface area contributed by atoms with Crippen LogP contribution in [0, 0.1) is 0 Å². The third-order valence-corrected chi connectivity index (χ3v) is 7.19. The Morgan fingerprint density at radius 2 is 1.82 bits per heavy atom. The molecule has 0 bridgehead atoms. The number of anilines is 1. The Morgan fingerprint density at radius 1 is 1.11 bits per heavy atom. The van der Waals surface area contributed by atoms with E-state index in [2.05, 4.69) is 20.1 Å². The number of hydrogen-bond donors (Lipinski definition) is 2. The van der Waals surface area contributed by atoms with Crippen molar-refractivity contribution >= 4 is 41.0 Å². The number of nitrogens with one attached hydrogen (secondary N) is 1. The summed E-state index contributed by atoms with van der Waals surface area (Å²) in [7, 11) is 0. The topological polar surface area (TPSA) is 94.5 Å². The van der Waals surface area contributed by atoms with Crippen LogP contribution in [-0.2, 0) is 9.53 Å². The Bertz CT molecular complexity index is 1190. The van der Waals surface area contributed by atoms with Crippen molar-refractivity contribution in [3.63, 3.8) is 0 Å². The molecule has 1 heterocycles. The highest BCUT2D eigenvalue weighted by Crippen LogP contribution is 2.32. The van der Waals surface area contributed by atoms with E-state index in [-0.39, 0.29) is 23.4 Å². The molecule has 2 aromatic carbocycles. The highest BCUT2D eigenvalue weighted by atomic mass is 32.1. The Morgan fingerprint density at radius 3 is 2.47 bits per heavy atom. The monoisotopic (exact) mass is 534 g/mol. The second-order valence-electron chi connectivity index (χ2n) is 9.39. The molecule has 0 saturated carbocycles. The number of ether oxygens (including phenoxy) is 1. The lowest BCUT2D eigenvalue weighted by atomic mass is 9.83. The average molecular weight is 535 g/mol. The van der Waals surface area contributed by atoms with Crippen LogP contribution in [0.2, 0.25) is 0 Å². The summed E-state index contributed by atoms with van der Waals surface area (Å²) in [6, 6.07) is 16.9. The number of carbonyl (C=O) groups excluding carboxylic acids is 2. The molecule has 200 valence electrons. The minimum atomic E-state index is -0.336. The van der Waals surface area contributed by atoms with E-state index in [0.29, 0.717) is 42.2 Å². The van der Waals surface area contributed by atoms with Crippen LogP contribution in [0.5, 0.6) is 0 Å². The zero-order valence-corrected chi connectivity index (χ0v) is 22.5. The van der Waals surface area contributed by atoms with Crippen LogP contribution in [0.1, 0.15) is 41.6 Å². The van der Waals surface area contributed by atoms with Gasteiger partial charge in [0.2, 0.25) is 0 Å². The number of thiocarbonyl (C=S) groups is 1. The third-order valence-electron chi connectivity index (χ3n) is 6.83. The summed E-state index contributed by atoms with van der Waals surface area (Å²) < 4.78 is 5.01. The first-order chi connectivity index (χ1) is 18.4. The number of ketones is 1. The van der Waals surface area contributed by atoms with Gasteiger partial charge in [-0.15, -0.1) is 0 Å². The molecule has 2 N–H and O–H groups in total. The standard InChI is InChI=1S/C29H34N4O4S/c1-2-37-28(36)22-8-10-24(11-9-22)31-29(38)33-16-14-32(15-17-33)13-12-30-20-25-26(34)18-23(19-27(25)35)21-6-4-3-5-7-21/h3-11,20,23,34H,2,12-19H2,1H3,(H,31,38). The van der Waals surface area contributed by atoms with Crippen molar-refractivity contribution in [3.05, 3.63) is 77.1 Å². The van der Waals surface area contributed by atoms with Crippen LogP contribution in [0.3, 0.4) is 0 Å². The molecule has 1 saturated heterocycles. The fraction of sp³-hybridized carbons (Fsp3) is 0.379. The Labute approximate surface area is 229 Å². The van der Waals surface area contributed by atoms with Crippen molar-refractivity contribution in [1.29, 1.82) is 0 Å². The van der Waals surface area contributed by atoms with Gasteiger partial charge in [-0.3, -0.25) is 14.7 Å². The van der Waals surface area contributed by atoms with Crippen LogP contribution in [0.15, 0.2) is 70.9 Å². The van der Waals surface area contributed by atoms with Crippen molar-refractivity contribution in [1.82, 2.24) is 9.80 Å². The molecule has 38 heavy (non-hydrogen) atoms. The number of aliphatic imine (C=N–C) groups is 1. The molecule has 2 aromatic rings. The second kappa shape index (κ2) is 13.3. The van der Waals surface area contributed by atoms with E-state index < -0.39 is 0 Å². The van der Waals surface area contributed by atoms with E-state index in [9.17, 15) is 14.7 Å². The third kappa shape index (κ3) is 7.26. The number of esters is 1. The van der Waals surface area contributed by atoms with Crippen molar-refractivity contribution in [2.24, 2.45) is 4.99 Å². The van der Waals surface area contributed by atoms with Crippen molar-refractivity contribution in [3.8, 4) is 0 Å². The van der Waals surface area contributed by atoms with E-state index in [0.717, 1.165) is 44.0 Å². The van der Waals surface area contributed by atoms with Gasteiger partial charge in [0.1, 0.15) is 5.76 Å². The fourth-order valence-corrected chi connectivity index (χ4v) is 4.95. The Balaban J connectivity index is 1.19. The molecule has 0 radical (unpaired) electrons. The number of aliphatic hydroxyl groups excluding tert-OH is 1. The highest BCUT2D eigenvalue weighted by Gasteiger charge is 2.27. The lowest BCUT2D eigenvalue weighted by molar-refractivity contribution is -0.116. The lowest BCUT2D eigenvalue weighted by Crippen LogP contribution is -2.50. The molecule has 1 fully saturated rings. The van der Waals surface area contributed by atoms with Crippen LogP contribution in [0.25, 0.3) is 0 Å². The summed E-state index contributed by atoms with van der Waals surface area (Å²) >= 11 is 5.58. The van der Waals surface area contributed by atoms with Gasteiger partial charge in [-0.1, -0.05) is 30.3 Å². The number of allylic oxidation sites excluding steroid dienone is 2. The largest absolute Gasteiger partial charge is 0.511 e. The second-order valence-corrected chi connectivity index (χ2v) is 9.78. The smallest absolute Gasteiger partial charge is 0.338 e. The first kappa shape index (κ1) is 27.5. The van der Waals surface area contributed by atoms with Crippen molar-refractivity contribution in [2.75, 3.05) is 51.2 Å². The Kier molecular flexibility index (Phi) is 9.62. The molecule has 1 atom stereocenters. The number of rotatable bonds is 8. The predicted molar refractivity (Wildman–Crippen MR) is 153 cm³/mol. The molecule has 2 aliphatic rings. The normalized spacial score (nSPS) is 18.6. The molecule has 0 spiro atoms. The molecule has 1 aliphatic carbocycles. The predicted octanol–water partition coefficient (Wildman–Crippen LogP) is 4.21. The van der Waals surface area contributed by atoms with Gasteiger partial charge in [-0.05, 0) is 54.9 Å². The molecule has 1 unspecified atom stereocenters. The maximum absolute atomic E-state index is 12.6. The summed E-state index contributed by atoms with van der Waals surface area (Å²) in [5.41, 5.74) is 2.75. The summed E-state index contributed by atoms with van der Waals surface area (Å²) in [6.45, 7) is 6.75. The molecule has 4 rings (SSSR count). The number of carbonyl (C=O) groups is 2. The molecule has 0 amide bonds.